The van der Waals surface area contributed by atoms with Crippen LogP contribution in [0.3, 0.4) is 0 Å². The molecule has 32 heavy (non-hydrogen) atoms. The van der Waals surface area contributed by atoms with Crippen LogP contribution in [0, 0.1) is 6.92 Å². The molecule has 1 saturated heterocycles. The first-order chi connectivity index (χ1) is 15.5. The van der Waals surface area contributed by atoms with Crippen LogP contribution in [0.5, 0.6) is 5.75 Å². The zero-order valence-corrected chi connectivity index (χ0v) is 18.7. The standard InChI is InChI=1S/C24H26ClN5O2/c1-17-15-22(30-13-3-2-4-14-30)29-24(26-17)28-20-9-7-19(8-10-20)27-23(31)16-32-21-11-5-18(25)6-12-21/h5-12,15H,2-4,13-14,16H2,1H3,(H,27,31)(H,26,28,29). The number of halogens is 1. The number of aryl methyl sites for hydroxylation is 1. The summed E-state index contributed by atoms with van der Waals surface area (Å²) in [6.45, 7) is 3.96. The molecule has 1 aliphatic rings. The van der Waals surface area contributed by atoms with Gasteiger partial charge in [-0.25, -0.2) is 4.98 Å². The highest BCUT2D eigenvalue weighted by Gasteiger charge is 2.14. The Morgan fingerprint density at radius 3 is 2.41 bits per heavy atom. The van der Waals surface area contributed by atoms with Gasteiger partial charge < -0.3 is 20.3 Å². The van der Waals surface area contributed by atoms with Crippen molar-refractivity contribution >= 4 is 40.6 Å². The van der Waals surface area contributed by atoms with Crippen molar-refractivity contribution in [3.05, 3.63) is 65.3 Å². The number of carbonyl (C=O) groups excluding carboxylic acids is 1. The fraction of sp³-hybridized carbons (Fsp3) is 0.292. The maximum atomic E-state index is 12.2. The third kappa shape index (κ3) is 6.11. The number of nitrogens with one attached hydrogen (secondary N) is 2. The second-order valence-corrected chi connectivity index (χ2v) is 8.17. The van der Waals surface area contributed by atoms with E-state index in [4.69, 9.17) is 21.3 Å². The Morgan fingerprint density at radius 2 is 1.69 bits per heavy atom. The first-order valence-corrected chi connectivity index (χ1v) is 11.1. The van der Waals surface area contributed by atoms with E-state index in [-0.39, 0.29) is 12.5 Å². The first-order valence-electron chi connectivity index (χ1n) is 10.7. The Labute approximate surface area is 192 Å². The van der Waals surface area contributed by atoms with Crippen LogP contribution in [0.25, 0.3) is 0 Å². The van der Waals surface area contributed by atoms with Crippen molar-refractivity contribution in [3.8, 4) is 5.75 Å². The van der Waals surface area contributed by atoms with E-state index in [9.17, 15) is 4.79 Å². The molecule has 7 nitrogen and oxygen atoms in total. The summed E-state index contributed by atoms with van der Waals surface area (Å²) < 4.78 is 5.47. The second-order valence-electron chi connectivity index (χ2n) is 7.73. The summed E-state index contributed by atoms with van der Waals surface area (Å²) in [7, 11) is 0. The lowest BCUT2D eigenvalue weighted by Gasteiger charge is -2.28. The van der Waals surface area contributed by atoms with Gasteiger partial charge in [-0.1, -0.05) is 11.6 Å². The summed E-state index contributed by atoms with van der Waals surface area (Å²) in [5, 5.41) is 6.70. The molecule has 0 atom stereocenters. The number of benzene rings is 2. The number of amides is 1. The lowest BCUT2D eigenvalue weighted by atomic mass is 10.1. The Hall–Kier alpha value is -3.32. The van der Waals surface area contributed by atoms with Crippen molar-refractivity contribution < 1.29 is 9.53 Å². The Balaban J connectivity index is 1.33. The number of rotatable bonds is 7. The highest BCUT2D eigenvalue weighted by atomic mass is 35.5. The van der Waals surface area contributed by atoms with E-state index in [0.29, 0.717) is 22.4 Å². The van der Waals surface area contributed by atoms with Crippen LogP contribution in [0.1, 0.15) is 25.0 Å². The number of piperidine rings is 1. The molecule has 0 spiro atoms. The highest BCUT2D eigenvalue weighted by Crippen LogP contribution is 2.22. The quantitative estimate of drug-likeness (QED) is 0.514. The van der Waals surface area contributed by atoms with Crippen LogP contribution in [0.15, 0.2) is 54.6 Å². The van der Waals surface area contributed by atoms with Crippen molar-refractivity contribution in [2.24, 2.45) is 0 Å². The number of nitrogens with zero attached hydrogens (tertiary/aromatic N) is 3. The summed E-state index contributed by atoms with van der Waals surface area (Å²) in [6, 6.07) is 16.3. The number of carbonyl (C=O) groups is 1. The topological polar surface area (TPSA) is 79.4 Å². The van der Waals surface area contributed by atoms with E-state index in [0.717, 1.165) is 30.3 Å². The maximum Gasteiger partial charge on any atom is 0.262 e. The van der Waals surface area contributed by atoms with Gasteiger partial charge in [0, 0.05) is 41.2 Å². The Kier molecular flexibility index (Phi) is 7.07. The predicted molar refractivity (Wildman–Crippen MR) is 128 cm³/mol. The molecule has 3 aromatic rings. The third-order valence-electron chi connectivity index (χ3n) is 5.13. The van der Waals surface area contributed by atoms with Crippen LogP contribution >= 0.6 is 11.6 Å². The van der Waals surface area contributed by atoms with Gasteiger partial charge in [-0.3, -0.25) is 4.79 Å². The van der Waals surface area contributed by atoms with Crippen LogP contribution in [0.2, 0.25) is 5.02 Å². The van der Waals surface area contributed by atoms with Crippen LogP contribution in [0.4, 0.5) is 23.1 Å². The molecule has 0 saturated carbocycles. The molecular weight excluding hydrogens is 426 g/mol. The average Bonchev–Trinajstić information content (AvgIpc) is 2.80. The molecule has 0 bridgehead atoms. The van der Waals surface area contributed by atoms with Crippen LogP contribution < -0.4 is 20.3 Å². The van der Waals surface area contributed by atoms with Crippen molar-refractivity contribution in [3.63, 3.8) is 0 Å². The third-order valence-corrected chi connectivity index (χ3v) is 5.38. The number of anilines is 4. The van der Waals surface area contributed by atoms with E-state index in [1.807, 2.05) is 37.3 Å². The van der Waals surface area contributed by atoms with E-state index in [2.05, 4.69) is 20.5 Å². The van der Waals surface area contributed by atoms with Gasteiger partial charge in [-0.15, -0.1) is 0 Å². The minimum atomic E-state index is -0.242. The number of hydrogen-bond donors (Lipinski definition) is 2. The summed E-state index contributed by atoms with van der Waals surface area (Å²) >= 11 is 5.85. The molecule has 1 amide bonds. The van der Waals surface area contributed by atoms with Crippen LogP contribution in [-0.4, -0.2) is 35.6 Å². The monoisotopic (exact) mass is 451 g/mol. The Bertz CT molecular complexity index is 1050. The van der Waals surface area contributed by atoms with Gasteiger partial charge in [-0.2, -0.15) is 4.98 Å². The molecule has 2 heterocycles. The molecule has 1 aliphatic heterocycles. The lowest BCUT2D eigenvalue weighted by molar-refractivity contribution is -0.118. The van der Waals surface area contributed by atoms with Crippen molar-refractivity contribution in [2.75, 3.05) is 35.2 Å². The van der Waals surface area contributed by atoms with E-state index in [1.165, 1.54) is 19.3 Å². The molecule has 1 fully saturated rings. The molecule has 2 N–H and O–H groups in total. The van der Waals surface area contributed by atoms with Gasteiger partial charge in [0.2, 0.25) is 5.95 Å². The van der Waals surface area contributed by atoms with Gasteiger partial charge in [0.25, 0.3) is 5.91 Å². The summed E-state index contributed by atoms with van der Waals surface area (Å²) in [5.74, 6) is 1.88. The lowest BCUT2D eigenvalue weighted by Crippen LogP contribution is -2.30. The molecule has 0 radical (unpaired) electrons. The van der Waals surface area contributed by atoms with Gasteiger partial charge in [0.05, 0.1) is 0 Å². The smallest absolute Gasteiger partial charge is 0.262 e. The zero-order chi connectivity index (χ0) is 22.3. The van der Waals surface area contributed by atoms with Gasteiger partial charge in [0.1, 0.15) is 11.6 Å². The minimum absolute atomic E-state index is 0.0853. The number of aromatic nitrogens is 2. The molecule has 0 unspecified atom stereocenters. The molecule has 166 valence electrons. The summed E-state index contributed by atoms with van der Waals surface area (Å²) in [5.41, 5.74) is 2.45. The van der Waals surface area contributed by atoms with Crippen molar-refractivity contribution in [2.45, 2.75) is 26.2 Å². The van der Waals surface area contributed by atoms with Crippen molar-refractivity contribution in [1.29, 1.82) is 0 Å². The second kappa shape index (κ2) is 10.3. The minimum Gasteiger partial charge on any atom is -0.484 e. The van der Waals surface area contributed by atoms with Gasteiger partial charge >= 0.3 is 0 Å². The predicted octanol–water partition coefficient (Wildman–Crippen LogP) is 5.19. The van der Waals surface area contributed by atoms with E-state index >= 15 is 0 Å². The maximum absolute atomic E-state index is 12.2. The SMILES string of the molecule is Cc1cc(N2CCCCC2)nc(Nc2ccc(NC(=O)COc3ccc(Cl)cc3)cc2)n1. The molecule has 2 aromatic carbocycles. The number of ether oxygens (including phenoxy) is 1. The van der Waals surface area contributed by atoms with E-state index in [1.54, 1.807) is 24.3 Å². The number of hydrogen-bond acceptors (Lipinski definition) is 6. The molecule has 8 heteroatoms. The molecule has 1 aromatic heterocycles. The normalized spacial score (nSPS) is 13.5. The highest BCUT2D eigenvalue weighted by molar-refractivity contribution is 6.30. The Morgan fingerprint density at radius 1 is 1.00 bits per heavy atom. The first kappa shape index (κ1) is 21.9. The van der Waals surface area contributed by atoms with E-state index < -0.39 is 0 Å². The fourth-order valence-corrected chi connectivity index (χ4v) is 3.66. The van der Waals surface area contributed by atoms with Gasteiger partial charge in [0.15, 0.2) is 6.61 Å². The zero-order valence-electron chi connectivity index (χ0n) is 18.0. The average molecular weight is 452 g/mol. The largest absolute Gasteiger partial charge is 0.484 e. The summed E-state index contributed by atoms with van der Waals surface area (Å²) in [4.78, 5) is 23.7. The summed E-state index contributed by atoms with van der Waals surface area (Å²) in [6.07, 6.45) is 3.68. The van der Waals surface area contributed by atoms with Crippen molar-refractivity contribution in [1.82, 2.24) is 9.97 Å². The van der Waals surface area contributed by atoms with Gasteiger partial charge in [-0.05, 0) is 74.7 Å². The molecule has 0 aliphatic carbocycles. The fourth-order valence-electron chi connectivity index (χ4n) is 3.54. The molecule has 4 rings (SSSR count). The van der Waals surface area contributed by atoms with Crippen LogP contribution in [-0.2, 0) is 4.79 Å². The molecular formula is C24H26ClN5O2.